The molecule has 5 aliphatic carbocycles. The Morgan fingerprint density at radius 1 is 0.912 bits per heavy atom. The van der Waals surface area contributed by atoms with Crippen molar-refractivity contribution in [3.8, 4) is 0 Å². The lowest BCUT2D eigenvalue weighted by molar-refractivity contribution is -0.109. The summed E-state index contributed by atoms with van der Waals surface area (Å²) in [6, 6.07) is 0. The van der Waals surface area contributed by atoms with Gasteiger partial charge in [-0.25, -0.2) is 8.78 Å². The van der Waals surface area contributed by atoms with Crippen LogP contribution in [-0.2, 0) is 0 Å². The molecule has 2 nitrogen and oxygen atoms in total. The van der Waals surface area contributed by atoms with Crippen LogP contribution in [0.4, 0.5) is 8.78 Å². The van der Waals surface area contributed by atoms with E-state index in [1.54, 1.807) is 0 Å². The molecule has 0 spiro atoms. The summed E-state index contributed by atoms with van der Waals surface area (Å²) < 4.78 is 27.2. The topological polar surface area (TPSA) is 40.5 Å². The molecule has 0 aliphatic heterocycles. The summed E-state index contributed by atoms with van der Waals surface area (Å²) in [6.07, 6.45) is 13.6. The van der Waals surface area contributed by atoms with Crippen LogP contribution < -0.4 is 0 Å². The summed E-state index contributed by atoms with van der Waals surface area (Å²) in [7, 11) is 0. The highest BCUT2D eigenvalue weighted by Crippen LogP contribution is 2.67. The van der Waals surface area contributed by atoms with E-state index in [0.717, 1.165) is 43.4 Å². The van der Waals surface area contributed by atoms with Crippen LogP contribution in [0.15, 0.2) is 11.6 Å². The van der Waals surface area contributed by atoms with E-state index in [-0.39, 0.29) is 31.1 Å². The summed E-state index contributed by atoms with van der Waals surface area (Å²) in [4.78, 5) is 0. The fourth-order valence-electron chi connectivity index (χ4n) is 9.81. The van der Waals surface area contributed by atoms with Gasteiger partial charge >= 0.3 is 0 Å². The molecule has 0 amide bonds. The number of hydrogen-bond acceptors (Lipinski definition) is 2. The first-order valence-corrected chi connectivity index (χ1v) is 14.3. The van der Waals surface area contributed by atoms with E-state index in [0.29, 0.717) is 23.7 Å². The lowest BCUT2D eigenvalue weighted by Crippen LogP contribution is -2.52. The third-order valence-electron chi connectivity index (χ3n) is 12.1. The molecular formula is C30H48F2O2. The highest BCUT2D eigenvalue weighted by atomic mass is 19.3. The van der Waals surface area contributed by atoms with Gasteiger partial charge in [-0.2, -0.15) is 0 Å². The minimum absolute atomic E-state index is 0.159. The summed E-state index contributed by atoms with van der Waals surface area (Å²) in [6.45, 7) is 9.44. The number of fused-ring (bicyclic) bond motifs is 5. The Balaban J connectivity index is 1.26. The first-order chi connectivity index (χ1) is 15.8. The van der Waals surface area contributed by atoms with Gasteiger partial charge in [-0.1, -0.05) is 32.4 Å². The zero-order chi connectivity index (χ0) is 24.6. The molecule has 0 aromatic rings. The van der Waals surface area contributed by atoms with Gasteiger partial charge in [0.2, 0.25) is 5.92 Å². The van der Waals surface area contributed by atoms with Crippen LogP contribution in [0, 0.1) is 40.4 Å². The van der Waals surface area contributed by atoms with Gasteiger partial charge in [0.25, 0.3) is 0 Å². The van der Waals surface area contributed by atoms with Gasteiger partial charge in [0.15, 0.2) is 0 Å². The van der Waals surface area contributed by atoms with Gasteiger partial charge < -0.3 is 10.2 Å². The molecule has 34 heavy (non-hydrogen) atoms. The van der Waals surface area contributed by atoms with Crippen LogP contribution >= 0.6 is 0 Å². The lowest BCUT2D eigenvalue weighted by atomic mass is 9.46. The zero-order valence-corrected chi connectivity index (χ0v) is 22.0. The van der Waals surface area contributed by atoms with Crippen LogP contribution in [0.2, 0.25) is 0 Å². The number of rotatable bonds is 4. The van der Waals surface area contributed by atoms with Crippen molar-refractivity contribution in [1.82, 2.24) is 0 Å². The van der Waals surface area contributed by atoms with E-state index in [2.05, 4.69) is 26.8 Å². The van der Waals surface area contributed by atoms with Gasteiger partial charge in [0.05, 0.1) is 11.2 Å². The Kier molecular flexibility index (Phi) is 6.12. The highest BCUT2D eigenvalue weighted by Gasteiger charge is 2.59. The molecule has 5 aliphatic rings. The van der Waals surface area contributed by atoms with Gasteiger partial charge in [-0.05, 0) is 124 Å². The second kappa shape index (κ2) is 8.27. The van der Waals surface area contributed by atoms with E-state index in [4.69, 9.17) is 0 Å². The van der Waals surface area contributed by atoms with Crippen molar-refractivity contribution in [3.05, 3.63) is 11.6 Å². The molecule has 194 valence electrons. The minimum Gasteiger partial charge on any atom is -0.390 e. The lowest BCUT2D eigenvalue weighted by Gasteiger charge is -2.59. The Labute approximate surface area is 206 Å². The summed E-state index contributed by atoms with van der Waals surface area (Å²) >= 11 is 0. The normalized spacial score (nSPS) is 48.3. The molecule has 8 atom stereocenters. The molecule has 4 saturated carbocycles. The first kappa shape index (κ1) is 25.2. The summed E-state index contributed by atoms with van der Waals surface area (Å²) in [5.74, 6) is 0.914. The summed E-state index contributed by atoms with van der Waals surface area (Å²) in [5, 5.41) is 21.7. The Bertz CT molecular complexity index is 809. The molecule has 4 heteroatoms. The van der Waals surface area contributed by atoms with Crippen molar-refractivity contribution in [2.75, 3.05) is 0 Å². The number of halogens is 2. The predicted octanol–water partition coefficient (Wildman–Crippen LogP) is 7.67. The Morgan fingerprint density at radius 3 is 2.32 bits per heavy atom. The maximum atomic E-state index is 13.6. The van der Waals surface area contributed by atoms with Crippen molar-refractivity contribution in [2.45, 2.75) is 135 Å². The second-order valence-electron chi connectivity index (χ2n) is 14.3. The highest BCUT2D eigenvalue weighted by molar-refractivity contribution is 5.26. The largest absolute Gasteiger partial charge is 0.390 e. The van der Waals surface area contributed by atoms with E-state index in [1.165, 1.54) is 37.7 Å². The van der Waals surface area contributed by atoms with Gasteiger partial charge in [-0.3, -0.25) is 0 Å². The quantitative estimate of drug-likeness (QED) is 0.407. The van der Waals surface area contributed by atoms with Crippen molar-refractivity contribution in [3.63, 3.8) is 0 Å². The average molecular weight is 479 g/mol. The minimum atomic E-state index is -2.58. The average Bonchev–Trinajstić information content (AvgIpc) is 3.12. The van der Waals surface area contributed by atoms with Gasteiger partial charge in [0.1, 0.15) is 0 Å². The first-order valence-electron chi connectivity index (χ1n) is 14.3. The molecule has 0 aromatic heterocycles. The SMILES string of the molecule is C[C@H](CCC1(O)CCC(F)(F)CC1)[C@H]1CC[C@H]2[C@@H]3CC=C4C[C@@](C)(O)CC[C@]4(C)[C@H]3CC[C@]12C. The number of hydrogen-bond donors (Lipinski definition) is 2. The van der Waals surface area contributed by atoms with E-state index < -0.39 is 17.1 Å². The van der Waals surface area contributed by atoms with Crippen LogP contribution in [0.3, 0.4) is 0 Å². The second-order valence-corrected chi connectivity index (χ2v) is 14.3. The van der Waals surface area contributed by atoms with E-state index >= 15 is 0 Å². The number of alkyl halides is 2. The molecule has 0 heterocycles. The van der Waals surface area contributed by atoms with E-state index in [1.807, 2.05) is 6.92 Å². The van der Waals surface area contributed by atoms with Crippen LogP contribution in [0.1, 0.15) is 118 Å². The van der Waals surface area contributed by atoms with Gasteiger partial charge in [0, 0.05) is 12.8 Å². The zero-order valence-electron chi connectivity index (χ0n) is 22.0. The van der Waals surface area contributed by atoms with Crippen molar-refractivity contribution in [1.29, 1.82) is 0 Å². The molecule has 0 saturated heterocycles. The van der Waals surface area contributed by atoms with Gasteiger partial charge in [-0.15, -0.1) is 0 Å². The monoisotopic (exact) mass is 478 g/mol. The van der Waals surface area contributed by atoms with Crippen molar-refractivity contribution < 1.29 is 19.0 Å². The molecule has 2 N–H and O–H groups in total. The third-order valence-corrected chi connectivity index (χ3v) is 12.1. The van der Waals surface area contributed by atoms with Crippen LogP contribution in [0.25, 0.3) is 0 Å². The molecular weight excluding hydrogens is 430 g/mol. The molecule has 0 bridgehead atoms. The Morgan fingerprint density at radius 2 is 1.62 bits per heavy atom. The molecule has 0 radical (unpaired) electrons. The fraction of sp³-hybridized carbons (Fsp3) is 0.933. The number of allylic oxidation sites excluding steroid dienone is 1. The Hall–Kier alpha value is -0.480. The molecule has 0 aromatic carbocycles. The summed E-state index contributed by atoms with van der Waals surface area (Å²) in [5.41, 5.74) is 0.747. The molecule has 0 unspecified atom stereocenters. The maximum Gasteiger partial charge on any atom is 0.248 e. The van der Waals surface area contributed by atoms with Crippen molar-refractivity contribution in [2.24, 2.45) is 40.4 Å². The smallest absolute Gasteiger partial charge is 0.248 e. The maximum absolute atomic E-state index is 13.6. The molecule has 5 rings (SSSR count). The fourth-order valence-corrected chi connectivity index (χ4v) is 9.81. The third kappa shape index (κ3) is 4.21. The van der Waals surface area contributed by atoms with Crippen molar-refractivity contribution >= 4 is 0 Å². The van der Waals surface area contributed by atoms with Crippen LogP contribution in [-0.4, -0.2) is 27.3 Å². The standard InChI is InChI=1S/C30H48F2O2/c1-20(9-12-29(34)15-17-30(31,32)18-16-29)23-7-8-24-22-6-5-21-19-26(2,33)13-14-27(21,3)25(22)10-11-28(23,24)4/h5,20,22-25,33-34H,6-19H2,1-4H3/t20-,22+,23-,24+,25+,26+,27+,28-/m1/s1. The molecule has 4 fully saturated rings. The van der Waals surface area contributed by atoms with E-state index in [9.17, 15) is 19.0 Å². The van der Waals surface area contributed by atoms with Crippen LogP contribution in [0.5, 0.6) is 0 Å². The predicted molar refractivity (Wildman–Crippen MR) is 133 cm³/mol. The number of aliphatic hydroxyl groups is 2.